The molecule has 1 aliphatic heterocycles. The SMILES string of the molecule is CCNC(=NCCc1cccc(OC)c1O)N1CCSC(CC)C1. The van der Waals surface area contributed by atoms with Crippen molar-refractivity contribution in [1.82, 2.24) is 10.2 Å². The molecule has 0 saturated carbocycles. The molecule has 0 aliphatic carbocycles. The van der Waals surface area contributed by atoms with Crippen molar-refractivity contribution in [2.75, 3.05) is 39.0 Å². The first-order valence-electron chi connectivity index (χ1n) is 8.69. The highest BCUT2D eigenvalue weighted by Crippen LogP contribution is 2.29. The van der Waals surface area contributed by atoms with Gasteiger partial charge in [-0.3, -0.25) is 4.99 Å². The van der Waals surface area contributed by atoms with Gasteiger partial charge in [0.1, 0.15) is 0 Å². The van der Waals surface area contributed by atoms with Crippen molar-refractivity contribution >= 4 is 17.7 Å². The summed E-state index contributed by atoms with van der Waals surface area (Å²) < 4.78 is 5.16. The topological polar surface area (TPSA) is 57.1 Å². The Morgan fingerprint density at radius 2 is 2.29 bits per heavy atom. The van der Waals surface area contributed by atoms with Crippen molar-refractivity contribution in [1.29, 1.82) is 0 Å². The summed E-state index contributed by atoms with van der Waals surface area (Å²) in [6.45, 7) is 7.94. The number of methoxy groups -OCH3 is 1. The molecule has 1 unspecified atom stereocenters. The van der Waals surface area contributed by atoms with Crippen LogP contribution in [0.1, 0.15) is 25.8 Å². The highest BCUT2D eigenvalue weighted by Gasteiger charge is 2.21. The molecule has 6 heteroatoms. The summed E-state index contributed by atoms with van der Waals surface area (Å²) in [5, 5.41) is 14.3. The molecule has 0 bridgehead atoms. The van der Waals surface area contributed by atoms with Crippen molar-refractivity contribution < 1.29 is 9.84 Å². The molecule has 2 N–H and O–H groups in total. The van der Waals surface area contributed by atoms with E-state index >= 15 is 0 Å². The Labute approximate surface area is 149 Å². The average molecular weight is 352 g/mol. The zero-order valence-corrected chi connectivity index (χ0v) is 15.7. The number of nitrogens with zero attached hydrogens (tertiary/aromatic N) is 2. The molecule has 1 saturated heterocycles. The van der Waals surface area contributed by atoms with Crippen LogP contribution in [0, 0.1) is 0 Å². The van der Waals surface area contributed by atoms with Gasteiger partial charge in [-0.15, -0.1) is 0 Å². The van der Waals surface area contributed by atoms with Gasteiger partial charge in [-0.25, -0.2) is 0 Å². The van der Waals surface area contributed by atoms with E-state index in [-0.39, 0.29) is 5.75 Å². The molecule has 2 rings (SSSR count). The van der Waals surface area contributed by atoms with Crippen LogP contribution in [-0.4, -0.2) is 60.3 Å². The van der Waals surface area contributed by atoms with E-state index in [0.717, 1.165) is 36.9 Å². The van der Waals surface area contributed by atoms with Crippen LogP contribution < -0.4 is 10.1 Å². The van der Waals surface area contributed by atoms with Crippen LogP contribution in [0.5, 0.6) is 11.5 Å². The van der Waals surface area contributed by atoms with Crippen LogP contribution in [0.4, 0.5) is 0 Å². The Morgan fingerprint density at radius 3 is 3.00 bits per heavy atom. The number of para-hydroxylation sites is 1. The lowest BCUT2D eigenvalue weighted by atomic mass is 10.1. The van der Waals surface area contributed by atoms with E-state index in [0.29, 0.717) is 24.0 Å². The largest absolute Gasteiger partial charge is 0.504 e. The lowest BCUT2D eigenvalue weighted by Gasteiger charge is -2.34. The smallest absolute Gasteiger partial charge is 0.193 e. The summed E-state index contributed by atoms with van der Waals surface area (Å²) in [5.74, 6) is 2.88. The lowest BCUT2D eigenvalue weighted by Crippen LogP contribution is -2.48. The number of ether oxygens (including phenoxy) is 1. The van der Waals surface area contributed by atoms with Crippen molar-refractivity contribution in [3.63, 3.8) is 0 Å². The zero-order chi connectivity index (χ0) is 17.4. The Hall–Kier alpha value is -1.56. The molecular formula is C18H29N3O2S. The third-order valence-electron chi connectivity index (χ3n) is 4.17. The quantitative estimate of drug-likeness (QED) is 0.610. The van der Waals surface area contributed by atoms with E-state index in [4.69, 9.17) is 9.73 Å². The minimum absolute atomic E-state index is 0.223. The molecule has 0 radical (unpaired) electrons. The van der Waals surface area contributed by atoms with Crippen LogP contribution in [0.15, 0.2) is 23.2 Å². The molecule has 0 amide bonds. The number of aromatic hydroxyl groups is 1. The second-order valence-electron chi connectivity index (χ2n) is 5.80. The maximum atomic E-state index is 10.2. The highest BCUT2D eigenvalue weighted by atomic mass is 32.2. The molecular weight excluding hydrogens is 322 g/mol. The summed E-state index contributed by atoms with van der Waals surface area (Å²) in [6, 6.07) is 5.59. The number of rotatable bonds is 6. The number of hydrogen-bond acceptors (Lipinski definition) is 4. The van der Waals surface area contributed by atoms with Gasteiger partial charge in [-0.1, -0.05) is 19.1 Å². The minimum atomic E-state index is 0.223. The number of hydrogen-bond donors (Lipinski definition) is 2. The van der Waals surface area contributed by atoms with E-state index in [9.17, 15) is 5.11 Å². The highest BCUT2D eigenvalue weighted by molar-refractivity contribution is 8.00. The number of nitrogens with one attached hydrogen (secondary N) is 1. The summed E-state index contributed by atoms with van der Waals surface area (Å²) >= 11 is 2.06. The molecule has 1 fully saturated rings. The Bertz CT molecular complexity index is 551. The van der Waals surface area contributed by atoms with Crippen molar-refractivity contribution in [3.05, 3.63) is 23.8 Å². The van der Waals surface area contributed by atoms with Gasteiger partial charge in [0, 0.05) is 37.2 Å². The normalized spacial score (nSPS) is 18.5. The fourth-order valence-corrected chi connectivity index (χ4v) is 3.98. The standard InChI is InChI=1S/C18H29N3O2S/c1-4-15-13-21(11-12-24-15)18(19-5-2)20-10-9-14-7-6-8-16(23-3)17(14)22/h6-8,15,22H,4-5,9-13H2,1-3H3,(H,19,20). The van der Waals surface area contributed by atoms with Crippen LogP contribution in [0.25, 0.3) is 0 Å². The van der Waals surface area contributed by atoms with Gasteiger partial charge in [0.2, 0.25) is 0 Å². The molecule has 134 valence electrons. The number of phenolic OH excluding ortho intramolecular Hbond substituents is 1. The van der Waals surface area contributed by atoms with Gasteiger partial charge in [-0.05, 0) is 31.4 Å². The fourth-order valence-electron chi connectivity index (χ4n) is 2.80. The van der Waals surface area contributed by atoms with Crippen LogP contribution in [-0.2, 0) is 6.42 Å². The molecule has 1 aromatic rings. The van der Waals surface area contributed by atoms with Crippen LogP contribution >= 0.6 is 11.8 Å². The summed E-state index contributed by atoms with van der Waals surface area (Å²) in [4.78, 5) is 7.13. The number of thioether (sulfide) groups is 1. The molecule has 1 heterocycles. The van der Waals surface area contributed by atoms with E-state index in [2.05, 4.69) is 35.8 Å². The molecule has 5 nitrogen and oxygen atoms in total. The summed E-state index contributed by atoms with van der Waals surface area (Å²) in [7, 11) is 1.57. The maximum absolute atomic E-state index is 10.2. The minimum Gasteiger partial charge on any atom is -0.504 e. The first-order chi connectivity index (χ1) is 11.7. The number of aliphatic imine (C=N–C) groups is 1. The number of benzene rings is 1. The predicted molar refractivity (Wildman–Crippen MR) is 102 cm³/mol. The van der Waals surface area contributed by atoms with E-state index in [1.807, 2.05) is 12.1 Å². The first-order valence-corrected chi connectivity index (χ1v) is 9.74. The molecule has 0 aromatic heterocycles. The average Bonchev–Trinajstić information content (AvgIpc) is 2.62. The second-order valence-corrected chi connectivity index (χ2v) is 7.21. The first kappa shape index (κ1) is 18.8. The third kappa shape index (κ3) is 4.97. The van der Waals surface area contributed by atoms with Gasteiger partial charge < -0.3 is 20.1 Å². The van der Waals surface area contributed by atoms with Crippen molar-refractivity contribution in [2.45, 2.75) is 31.9 Å². The monoisotopic (exact) mass is 351 g/mol. The zero-order valence-electron chi connectivity index (χ0n) is 14.9. The van der Waals surface area contributed by atoms with E-state index in [1.165, 1.54) is 6.42 Å². The summed E-state index contributed by atoms with van der Waals surface area (Å²) in [6.07, 6.45) is 1.88. The lowest BCUT2D eigenvalue weighted by molar-refractivity contribution is 0.370. The molecule has 24 heavy (non-hydrogen) atoms. The van der Waals surface area contributed by atoms with Gasteiger partial charge in [0.25, 0.3) is 0 Å². The Kier molecular flexibility index (Phi) is 7.56. The molecule has 0 spiro atoms. The van der Waals surface area contributed by atoms with Gasteiger partial charge >= 0.3 is 0 Å². The van der Waals surface area contributed by atoms with E-state index < -0.39 is 0 Å². The maximum Gasteiger partial charge on any atom is 0.193 e. The number of phenols is 1. The third-order valence-corrected chi connectivity index (χ3v) is 5.55. The summed E-state index contributed by atoms with van der Waals surface area (Å²) in [5.41, 5.74) is 0.870. The van der Waals surface area contributed by atoms with Crippen molar-refractivity contribution in [2.24, 2.45) is 4.99 Å². The van der Waals surface area contributed by atoms with Gasteiger partial charge in [0.05, 0.1) is 7.11 Å². The molecule has 1 atom stereocenters. The van der Waals surface area contributed by atoms with Gasteiger partial charge in [0.15, 0.2) is 17.5 Å². The van der Waals surface area contributed by atoms with Crippen molar-refractivity contribution in [3.8, 4) is 11.5 Å². The van der Waals surface area contributed by atoms with Crippen LogP contribution in [0.2, 0.25) is 0 Å². The predicted octanol–water partition coefficient (Wildman–Crippen LogP) is 2.74. The fraction of sp³-hybridized carbons (Fsp3) is 0.611. The Morgan fingerprint density at radius 1 is 1.46 bits per heavy atom. The van der Waals surface area contributed by atoms with Gasteiger partial charge in [-0.2, -0.15) is 11.8 Å². The van der Waals surface area contributed by atoms with E-state index in [1.54, 1.807) is 13.2 Å². The van der Waals surface area contributed by atoms with Crippen LogP contribution in [0.3, 0.4) is 0 Å². The second kappa shape index (κ2) is 9.67. The Balaban J connectivity index is 2.01. The molecule has 1 aromatic carbocycles. The molecule has 1 aliphatic rings. The number of guanidine groups is 1.